The van der Waals surface area contributed by atoms with Crippen LogP contribution in [0.1, 0.15) is 27.6 Å². The Morgan fingerprint density at radius 3 is 2.00 bits per heavy atom. The number of hydrogen-bond donors (Lipinski definition) is 3. The number of hydrogen-bond acceptors (Lipinski definition) is 7. The third kappa shape index (κ3) is 1.30. The molecule has 3 rings (SSSR count). The highest BCUT2D eigenvalue weighted by atomic mass is 16.7. The van der Waals surface area contributed by atoms with Gasteiger partial charge in [0.05, 0.1) is 17.0 Å². The lowest BCUT2D eigenvalue weighted by Gasteiger charge is -2.25. The van der Waals surface area contributed by atoms with Gasteiger partial charge < -0.3 is 24.8 Å². The van der Waals surface area contributed by atoms with Crippen LogP contribution >= 0.6 is 0 Å². The van der Waals surface area contributed by atoms with Gasteiger partial charge in [-0.3, -0.25) is 9.59 Å². The summed E-state index contributed by atoms with van der Waals surface area (Å²) in [6, 6.07) is 0. The van der Waals surface area contributed by atoms with Gasteiger partial charge in [-0.2, -0.15) is 0 Å². The van der Waals surface area contributed by atoms with Crippen molar-refractivity contribution in [3.05, 3.63) is 11.1 Å². The van der Waals surface area contributed by atoms with E-state index in [9.17, 15) is 24.9 Å². The summed E-state index contributed by atoms with van der Waals surface area (Å²) >= 11 is 0. The molecule has 1 heterocycles. The first-order chi connectivity index (χ1) is 8.95. The number of ketones is 2. The summed E-state index contributed by atoms with van der Waals surface area (Å²) in [6.07, 6.45) is -1.55. The first-order valence-electron chi connectivity index (χ1n) is 5.59. The normalized spacial score (nSPS) is 24.5. The molecule has 100 valence electrons. The van der Waals surface area contributed by atoms with Gasteiger partial charge in [0.15, 0.2) is 23.1 Å². The molecule has 0 aromatic heterocycles. The number of fused-ring (bicyclic) bond motifs is 2. The number of Topliss-reactive ketones (excluding diaryl/α,β-unsaturated/α-hetero) is 2. The van der Waals surface area contributed by atoms with Crippen molar-refractivity contribution < 1.29 is 34.4 Å². The summed E-state index contributed by atoms with van der Waals surface area (Å²) < 4.78 is 9.91. The van der Waals surface area contributed by atoms with Gasteiger partial charge in [0.1, 0.15) is 6.10 Å². The molecular formula is C12H10O7. The highest BCUT2D eigenvalue weighted by molar-refractivity contribution is 6.20. The number of aromatic hydroxyl groups is 2. The Bertz CT molecular complexity index is 566. The molecule has 0 unspecified atom stereocenters. The molecule has 0 saturated carbocycles. The molecule has 1 aliphatic carbocycles. The molecule has 0 spiro atoms. The van der Waals surface area contributed by atoms with Gasteiger partial charge in [-0.25, -0.2) is 0 Å². The molecule has 0 saturated heterocycles. The largest absolute Gasteiger partial charge is 0.504 e. The van der Waals surface area contributed by atoms with Gasteiger partial charge in [-0.1, -0.05) is 6.92 Å². The van der Waals surface area contributed by atoms with E-state index < -0.39 is 40.7 Å². The van der Waals surface area contributed by atoms with Crippen LogP contribution in [0.2, 0.25) is 0 Å². The fourth-order valence-corrected chi connectivity index (χ4v) is 2.32. The zero-order chi connectivity index (χ0) is 13.9. The van der Waals surface area contributed by atoms with Crippen LogP contribution in [0.4, 0.5) is 0 Å². The second kappa shape index (κ2) is 3.61. The first kappa shape index (κ1) is 11.8. The number of benzene rings is 1. The fraction of sp³-hybridized carbons (Fsp3) is 0.333. The third-order valence-corrected chi connectivity index (χ3v) is 3.42. The van der Waals surface area contributed by atoms with Crippen molar-refractivity contribution in [3.8, 4) is 23.0 Å². The molecule has 2 atom stereocenters. The van der Waals surface area contributed by atoms with Gasteiger partial charge in [-0.05, 0) is 0 Å². The summed E-state index contributed by atoms with van der Waals surface area (Å²) in [4.78, 5) is 24.0. The van der Waals surface area contributed by atoms with Crippen LogP contribution in [0, 0.1) is 5.92 Å². The average Bonchev–Trinajstić information content (AvgIpc) is 2.87. The van der Waals surface area contributed by atoms with Crippen LogP contribution < -0.4 is 9.47 Å². The van der Waals surface area contributed by atoms with Crippen molar-refractivity contribution in [3.63, 3.8) is 0 Å². The number of carbonyl (C=O) groups is 2. The second-order valence-corrected chi connectivity index (χ2v) is 4.47. The fourth-order valence-electron chi connectivity index (χ4n) is 2.32. The van der Waals surface area contributed by atoms with Crippen molar-refractivity contribution >= 4 is 11.6 Å². The maximum atomic E-state index is 12.1. The van der Waals surface area contributed by atoms with Crippen molar-refractivity contribution in [2.24, 2.45) is 5.92 Å². The van der Waals surface area contributed by atoms with Gasteiger partial charge in [0.2, 0.25) is 18.3 Å². The van der Waals surface area contributed by atoms with E-state index in [1.807, 2.05) is 0 Å². The second-order valence-electron chi connectivity index (χ2n) is 4.47. The summed E-state index contributed by atoms with van der Waals surface area (Å²) in [5, 5.41) is 29.7. The number of rotatable bonds is 0. The maximum Gasteiger partial charge on any atom is 0.231 e. The highest BCUT2D eigenvalue weighted by Crippen LogP contribution is 2.53. The minimum atomic E-state index is -1.55. The van der Waals surface area contributed by atoms with Crippen LogP contribution in [0.25, 0.3) is 0 Å². The molecule has 2 aliphatic rings. The number of aliphatic hydroxyl groups is 1. The van der Waals surface area contributed by atoms with Crippen molar-refractivity contribution in [1.82, 2.24) is 0 Å². The van der Waals surface area contributed by atoms with Crippen LogP contribution in [-0.4, -0.2) is 39.8 Å². The smallest absolute Gasteiger partial charge is 0.231 e. The van der Waals surface area contributed by atoms with Gasteiger partial charge in [0.25, 0.3) is 0 Å². The lowest BCUT2D eigenvalue weighted by atomic mass is 9.79. The lowest BCUT2D eigenvalue weighted by Crippen LogP contribution is -2.39. The molecule has 1 aromatic rings. The van der Waals surface area contributed by atoms with E-state index in [4.69, 9.17) is 9.47 Å². The third-order valence-electron chi connectivity index (χ3n) is 3.42. The molecule has 1 aromatic carbocycles. The Hall–Kier alpha value is -2.28. The molecular weight excluding hydrogens is 256 g/mol. The van der Waals surface area contributed by atoms with Crippen molar-refractivity contribution in [1.29, 1.82) is 0 Å². The Morgan fingerprint density at radius 2 is 1.47 bits per heavy atom. The predicted molar refractivity (Wildman–Crippen MR) is 59.7 cm³/mol. The van der Waals surface area contributed by atoms with Crippen LogP contribution in [-0.2, 0) is 0 Å². The lowest BCUT2D eigenvalue weighted by molar-refractivity contribution is 0.0521. The van der Waals surface area contributed by atoms with Crippen molar-refractivity contribution in [2.45, 2.75) is 13.0 Å². The molecule has 0 fully saturated rings. The van der Waals surface area contributed by atoms with E-state index in [0.717, 1.165) is 0 Å². The summed E-state index contributed by atoms with van der Waals surface area (Å²) in [6.45, 7) is 1.13. The van der Waals surface area contributed by atoms with E-state index in [2.05, 4.69) is 0 Å². The Balaban J connectivity index is 2.38. The zero-order valence-corrected chi connectivity index (χ0v) is 9.84. The molecule has 1 aliphatic heterocycles. The highest BCUT2D eigenvalue weighted by Gasteiger charge is 2.45. The Kier molecular flexibility index (Phi) is 2.24. The zero-order valence-electron chi connectivity index (χ0n) is 9.84. The van der Waals surface area contributed by atoms with Crippen LogP contribution in [0.15, 0.2) is 0 Å². The standard InChI is InChI=1S/C12H10O7/c1-3-6(13)4-5(8(15)7(3)14)10(17)12-11(9(4)16)18-2-19-12/h3,7,14,16-17H,2H2,1H3/t3-,7+/m1/s1. The summed E-state index contributed by atoms with van der Waals surface area (Å²) in [5.41, 5.74) is -0.748. The quantitative estimate of drug-likeness (QED) is 0.575. The van der Waals surface area contributed by atoms with E-state index in [1.165, 1.54) is 6.92 Å². The Morgan fingerprint density at radius 1 is 1.00 bits per heavy atom. The van der Waals surface area contributed by atoms with Crippen LogP contribution in [0.3, 0.4) is 0 Å². The minimum absolute atomic E-state index is 0.166. The van der Waals surface area contributed by atoms with Gasteiger partial charge >= 0.3 is 0 Å². The first-order valence-corrected chi connectivity index (χ1v) is 5.59. The van der Waals surface area contributed by atoms with E-state index in [1.54, 1.807) is 0 Å². The Labute approximate surface area is 107 Å². The predicted octanol–water partition coefficient (Wildman–Crippen LogP) is 0.203. The molecule has 3 N–H and O–H groups in total. The SMILES string of the molecule is C[C@@H]1C(=O)c2c(O)c3c(c(O)c2C(=O)[C@H]1O)OCO3. The molecule has 0 radical (unpaired) electrons. The van der Waals surface area contributed by atoms with Crippen molar-refractivity contribution in [2.75, 3.05) is 6.79 Å². The van der Waals surface area contributed by atoms with E-state index in [-0.39, 0.29) is 23.9 Å². The van der Waals surface area contributed by atoms with Crippen LogP contribution in [0.5, 0.6) is 23.0 Å². The number of aliphatic hydroxyl groups excluding tert-OH is 1. The minimum Gasteiger partial charge on any atom is -0.504 e. The molecule has 19 heavy (non-hydrogen) atoms. The van der Waals surface area contributed by atoms with E-state index >= 15 is 0 Å². The number of phenolic OH excluding ortho intramolecular Hbond substituents is 2. The number of ether oxygens (including phenoxy) is 2. The van der Waals surface area contributed by atoms with Gasteiger partial charge in [-0.15, -0.1) is 0 Å². The molecule has 0 amide bonds. The monoisotopic (exact) mass is 266 g/mol. The van der Waals surface area contributed by atoms with Gasteiger partial charge in [0, 0.05) is 0 Å². The summed E-state index contributed by atoms with van der Waals surface area (Å²) in [5.74, 6) is -3.95. The van der Waals surface area contributed by atoms with E-state index in [0.29, 0.717) is 0 Å². The molecule has 7 nitrogen and oxygen atoms in total. The topological polar surface area (TPSA) is 113 Å². The number of phenols is 2. The molecule has 0 bridgehead atoms. The number of carbonyl (C=O) groups excluding carboxylic acids is 2. The maximum absolute atomic E-state index is 12.1. The average molecular weight is 266 g/mol. The summed E-state index contributed by atoms with van der Waals surface area (Å²) in [7, 11) is 0. The molecule has 7 heteroatoms.